The van der Waals surface area contributed by atoms with Crippen LogP contribution < -0.4 is 5.32 Å². The SMILES string of the molecule is Cc1cc2c(cc1Cl)C(Br)CCN2. The molecule has 3 heteroatoms. The third kappa shape index (κ3) is 1.70. The summed E-state index contributed by atoms with van der Waals surface area (Å²) in [7, 11) is 0. The summed E-state index contributed by atoms with van der Waals surface area (Å²) in [6, 6.07) is 4.17. The minimum Gasteiger partial charge on any atom is -0.385 e. The number of rotatable bonds is 0. The molecule has 1 aromatic rings. The first kappa shape index (κ1) is 9.35. The quantitative estimate of drug-likeness (QED) is 0.698. The fourth-order valence-corrected chi connectivity index (χ4v) is 2.38. The van der Waals surface area contributed by atoms with Crippen molar-refractivity contribution in [1.82, 2.24) is 0 Å². The van der Waals surface area contributed by atoms with E-state index in [1.807, 2.05) is 6.92 Å². The Morgan fingerprint density at radius 1 is 1.54 bits per heavy atom. The number of aryl methyl sites for hydroxylation is 1. The van der Waals surface area contributed by atoms with Gasteiger partial charge in [0.25, 0.3) is 0 Å². The third-order valence-electron chi connectivity index (χ3n) is 2.38. The van der Waals surface area contributed by atoms with E-state index in [9.17, 15) is 0 Å². The molecule has 0 amide bonds. The molecule has 1 nitrogen and oxygen atoms in total. The van der Waals surface area contributed by atoms with Crippen LogP contribution in [0, 0.1) is 6.92 Å². The number of halogens is 2. The van der Waals surface area contributed by atoms with Crippen LogP contribution in [0.1, 0.15) is 22.4 Å². The predicted molar refractivity (Wildman–Crippen MR) is 61.0 cm³/mol. The molecule has 0 fully saturated rings. The minimum absolute atomic E-state index is 0.446. The molecule has 1 aliphatic rings. The number of fused-ring (bicyclic) bond motifs is 1. The average Bonchev–Trinajstić information content (AvgIpc) is 2.09. The van der Waals surface area contributed by atoms with Crippen LogP contribution in [0.25, 0.3) is 0 Å². The van der Waals surface area contributed by atoms with Crippen LogP contribution >= 0.6 is 27.5 Å². The van der Waals surface area contributed by atoms with Gasteiger partial charge in [-0.3, -0.25) is 0 Å². The van der Waals surface area contributed by atoms with Crippen LogP contribution in [0.5, 0.6) is 0 Å². The molecule has 13 heavy (non-hydrogen) atoms. The minimum atomic E-state index is 0.446. The van der Waals surface area contributed by atoms with E-state index in [1.165, 1.54) is 11.3 Å². The van der Waals surface area contributed by atoms with E-state index in [4.69, 9.17) is 11.6 Å². The van der Waals surface area contributed by atoms with Gasteiger partial charge in [-0.15, -0.1) is 0 Å². The Balaban J connectivity index is 2.52. The average molecular weight is 261 g/mol. The van der Waals surface area contributed by atoms with Crippen molar-refractivity contribution in [2.24, 2.45) is 0 Å². The maximum absolute atomic E-state index is 6.06. The fourth-order valence-electron chi connectivity index (χ4n) is 1.60. The van der Waals surface area contributed by atoms with E-state index in [2.05, 4.69) is 33.4 Å². The lowest BCUT2D eigenvalue weighted by Gasteiger charge is -2.23. The van der Waals surface area contributed by atoms with Gasteiger partial charge in [0.15, 0.2) is 0 Å². The molecule has 1 unspecified atom stereocenters. The Morgan fingerprint density at radius 3 is 3.08 bits per heavy atom. The van der Waals surface area contributed by atoms with Crippen LogP contribution in [0.4, 0.5) is 5.69 Å². The molecule has 0 spiro atoms. The lowest BCUT2D eigenvalue weighted by Crippen LogP contribution is -2.13. The van der Waals surface area contributed by atoms with E-state index >= 15 is 0 Å². The van der Waals surface area contributed by atoms with Gasteiger partial charge in [0.1, 0.15) is 0 Å². The van der Waals surface area contributed by atoms with Crippen molar-refractivity contribution in [2.75, 3.05) is 11.9 Å². The molecule has 1 heterocycles. The molecule has 0 aromatic heterocycles. The summed E-state index contributed by atoms with van der Waals surface area (Å²) in [5.41, 5.74) is 3.63. The maximum atomic E-state index is 6.06. The second-order valence-corrected chi connectivity index (χ2v) is 4.88. The van der Waals surface area contributed by atoms with Gasteiger partial charge in [0, 0.05) is 22.1 Å². The van der Waals surface area contributed by atoms with Crippen molar-refractivity contribution < 1.29 is 0 Å². The summed E-state index contributed by atoms with van der Waals surface area (Å²) < 4.78 is 0. The molecular formula is C10H11BrClN. The maximum Gasteiger partial charge on any atom is 0.0439 e. The Morgan fingerprint density at radius 2 is 2.31 bits per heavy atom. The molecular weight excluding hydrogens is 249 g/mol. The fraction of sp³-hybridized carbons (Fsp3) is 0.400. The van der Waals surface area contributed by atoms with Gasteiger partial charge in [-0.25, -0.2) is 0 Å². The molecule has 1 aliphatic heterocycles. The zero-order chi connectivity index (χ0) is 9.42. The zero-order valence-corrected chi connectivity index (χ0v) is 9.74. The molecule has 1 aromatic carbocycles. The third-order valence-corrected chi connectivity index (χ3v) is 3.74. The highest BCUT2D eigenvalue weighted by Crippen LogP contribution is 2.38. The highest BCUT2D eigenvalue weighted by atomic mass is 79.9. The topological polar surface area (TPSA) is 12.0 Å². The summed E-state index contributed by atoms with van der Waals surface area (Å²) in [6.07, 6.45) is 1.12. The molecule has 1 N–H and O–H groups in total. The summed E-state index contributed by atoms with van der Waals surface area (Å²) in [4.78, 5) is 0.446. The standard InChI is InChI=1S/C10H11BrClN/c1-6-4-10-7(5-9(6)12)8(11)2-3-13-10/h4-5,8,13H,2-3H2,1H3. The van der Waals surface area contributed by atoms with Crippen molar-refractivity contribution in [3.8, 4) is 0 Å². The molecule has 0 radical (unpaired) electrons. The van der Waals surface area contributed by atoms with Crippen LogP contribution in [0.15, 0.2) is 12.1 Å². The van der Waals surface area contributed by atoms with Gasteiger partial charge in [-0.1, -0.05) is 27.5 Å². The summed E-state index contributed by atoms with van der Waals surface area (Å²) in [6.45, 7) is 3.06. The van der Waals surface area contributed by atoms with E-state index in [0.717, 1.165) is 23.6 Å². The monoisotopic (exact) mass is 259 g/mol. The van der Waals surface area contributed by atoms with Crippen LogP contribution in [-0.4, -0.2) is 6.54 Å². The Hall–Kier alpha value is -0.210. The lowest BCUT2D eigenvalue weighted by atomic mass is 10.0. The highest BCUT2D eigenvalue weighted by Gasteiger charge is 2.18. The van der Waals surface area contributed by atoms with Gasteiger partial charge in [-0.2, -0.15) is 0 Å². The molecule has 1 atom stereocenters. The first-order valence-electron chi connectivity index (χ1n) is 4.36. The van der Waals surface area contributed by atoms with Gasteiger partial charge < -0.3 is 5.32 Å². The Bertz CT molecular complexity index is 338. The Labute approximate surface area is 91.6 Å². The zero-order valence-electron chi connectivity index (χ0n) is 7.40. The lowest BCUT2D eigenvalue weighted by molar-refractivity contribution is 0.822. The number of alkyl halides is 1. The number of benzene rings is 1. The Kier molecular flexibility index (Phi) is 2.52. The molecule has 0 saturated carbocycles. The van der Waals surface area contributed by atoms with Crippen molar-refractivity contribution in [1.29, 1.82) is 0 Å². The van der Waals surface area contributed by atoms with Crippen LogP contribution in [0.2, 0.25) is 5.02 Å². The van der Waals surface area contributed by atoms with Crippen molar-refractivity contribution in [2.45, 2.75) is 18.2 Å². The van der Waals surface area contributed by atoms with Gasteiger partial charge >= 0.3 is 0 Å². The summed E-state index contributed by atoms with van der Waals surface area (Å²) in [5, 5.41) is 4.23. The van der Waals surface area contributed by atoms with Crippen molar-refractivity contribution in [3.63, 3.8) is 0 Å². The van der Waals surface area contributed by atoms with E-state index in [-0.39, 0.29) is 0 Å². The molecule has 0 aliphatic carbocycles. The summed E-state index contributed by atoms with van der Waals surface area (Å²) >= 11 is 9.71. The number of hydrogen-bond donors (Lipinski definition) is 1. The predicted octanol–water partition coefficient (Wildman–Crippen LogP) is 3.90. The van der Waals surface area contributed by atoms with Gasteiger partial charge in [0.2, 0.25) is 0 Å². The molecule has 2 rings (SSSR count). The van der Waals surface area contributed by atoms with Gasteiger partial charge in [-0.05, 0) is 36.6 Å². The van der Waals surface area contributed by atoms with E-state index < -0.39 is 0 Å². The first-order chi connectivity index (χ1) is 6.18. The number of anilines is 1. The van der Waals surface area contributed by atoms with Crippen LogP contribution in [-0.2, 0) is 0 Å². The first-order valence-corrected chi connectivity index (χ1v) is 5.66. The second-order valence-electron chi connectivity index (χ2n) is 3.37. The van der Waals surface area contributed by atoms with Crippen LogP contribution in [0.3, 0.4) is 0 Å². The van der Waals surface area contributed by atoms with E-state index in [0.29, 0.717) is 4.83 Å². The molecule has 70 valence electrons. The van der Waals surface area contributed by atoms with Gasteiger partial charge in [0.05, 0.1) is 0 Å². The second kappa shape index (κ2) is 3.50. The molecule has 0 bridgehead atoms. The largest absolute Gasteiger partial charge is 0.385 e. The van der Waals surface area contributed by atoms with Crippen molar-refractivity contribution >= 4 is 33.2 Å². The summed E-state index contributed by atoms with van der Waals surface area (Å²) in [5.74, 6) is 0. The molecule has 0 saturated heterocycles. The number of hydrogen-bond acceptors (Lipinski definition) is 1. The number of nitrogens with one attached hydrogen (secondary N) is 1. The normalized spacial score (nSPS) is 20.7. The van der Waals surface area contributed by atoms with E-state index in [1.54, 1.807) is 0 Å². The smallest absolute Gasteiger partial charge is 0.0439 e. The highest BCUT2D eigenvalue weighted by molar-refractivity contribution is 9.09. The van der Waals surface area contributed by atoms with Crippen molar-refractivity contribution in [3.05, 3.63) is 28.3 Å².